The van der Waals surface area contributed by atoms with Gasteiger partial charge in [-0.1, -0.05) is 0 Å². The van der Waals surface area contributed by atoms with Gasteiger partial charge in [-0.15, -0.1) is 0 Å². The average Bonchev–Trinajstić information content (AvgIpc) is 2.29. The second kappa shape index (κ2) is 4.06. The van der Waals surface area contributed by atoms with Crippen LogP contribution >= 0.6 is 0 Å². The Morgan fingerprint density at radius 1 is 1.31 bits per heavy atom. The summed E-state index contributed by atoms with van der Waals surface area (Å²) in [6.45, 7) is 0. The number of benzene rings is 1. The molecular weight excluding hydrogens is 206 g/mol. The zero-order valence-electron chi connectivity index (χ0n) is 8.75. The van der Waals surface area contributed by atoms with E-state index in [0.717, 1.165) is 5.75 Å². The molecule has 0 aliphatic heterocycles. The highest BCUT2D eigenvalue weighted by molar-refractivity contribution is 5.38. The highest BCUT2D eigenvalue weighted by Crippen LogP contribution is 2.12. The minimum Gasteiger partial charge on any atom is -0.497 e. The third kappa shape index (κ3) is 1.88. The molecule has 0 aliphatic carbocycles. The molecule has 0 atom stereocenters. The maximum Gasteiger partial charge on any atom is 0.273 e. The Kier molecular flexibility index (Phi) is 2.59. The smallest absolute Gasteiger partial charge is 0.273 e. The van der Waals surface area contributed by atoms with Crippen LogP contribution in [0.5, 0.6) is 5.75 Å². The topological polar surface area (TPSA) is 70.1 Å². The lowest BCUT2D eigenvalue weighted by atomic mass is 10.3. The monoisotopic (exact) mass is 217 g/mol. The fraction of sp³-hybridized carbons (Fsp3) is 0.0909. The summed E-state index contributed by atoms with van der Waals surface area (Å²) >= 11 is 0. The maximum atomic E-state index is 11.6. The van der Waals surface area contributed by atoms with Crippen LogP contribution in [0.3, 0.4) is 0 Å². The summed E-state index contributed by atoms with van der Waals surface area (Å²) in [5.41, 5.74) is 6.22. The van der Waals surface area contributed by atoms with Crippen LogP contribution in [0.25, 0.3) is 5.69 Å². The molecule has 0 radical (unpaired) electrons. The van der Waals surface area contributed by atoms with Crippen molar-refractivity contribution in [3.05, 3.63) is 46.9 Å². The van der Waals surface area contributed by atoms with E-state index >= 15 is 0 Å². The van der Waals surface area contributed by atoms with E-state index in [1.165, 1.54) is 16.9 Å². The van der Waals surface area contributed by atoms with Crippen LogP contribution in [0.1, 0.15) is 0 Å². The second-order valence-electron chi connectivity index (χ2n) is 3.24. The van der Waals surface area contributed by atoms with E-state index in [9.17, 15) is 4.79 Å². The van der Waals surface area contributed by atoms with E-state index in [0.29, 0.717) is 11.4 Å². The molecule has 0 fully saturated rings. The first kappa shape index (κ1) is 10.2. The van der Waals surface area contributed by atoms with Crippen molar-refractivity contribution in [3.8, 4) is 11.4 Å². The maximum absolute atomic E-state index is 11.6. The van der Waals surface area contributed by atoms with Crippen molar-refractivity contribution in [2.45, 2.75) is 0 Å². The van der Waals surface area contributed by atoms with Crippen molar-refractivity contribution >= 4 is 5.69 Å². The Hall–Kier alpha value is -2.30. The zero-order chi connectivity index (χ0) is 11.5. The van der Waals surface area contributed by atoms with E-state index in [1.54, 1.807) is 31.4 Å². The third-order valence-electron chi connectivity index (χ3n) is 2.14. The average molecular weight is 217 g/mol. The van der Waals surface area contributed by atoms with Crippen molar-refractivity contribution in [2.24, 2.45) is 0 Å². The van der Waals surface area contributed by atoms with Crippen LogP contribution < -0.4 is 16.0 Å². The molecule has 2 rings (SSSR count). The van der Waals surface area contributed by atoms with Gasteiger partial charge in [-0.05, 0) is 24.3 Å². The lowest BCUT2D eigenvalue weighted by Gasteiger charge is -2.05. The van der Waals surface area contributed by atoms with Crippen LogP contribution in [-0.4, -0.2) is 16.9 Å². The third-order valence-corrected chi connectivity index (χ3v) is 2.14. The van der Waals surface area contributed by atoms with Gasteiger partial charge in [-0.25, -0.2) is 0 Å². The van der Waals surface area contributed by atoms with Gasteiger partial charge < -0.3 is 10.5 Å². The van der Waals surface area contributed by atoms with Crippen molar-refractivity contribution in [2.75, 3.05) is 12.8 Å². The number of hydrogen-bond acceptors (Lipinski definition) is 4. The molecule has 1 aromatic carbocycles. The van der Waals surface area contributed by atoms with Gasteiger partial charge in [-0.2, -0.15) is 9.78 Å². The summed E-state index contributed by atoms with van der Waals surface area (Å²) in [7, 11) is 1.59. The molecule has 5 nitrogen and oxygen atoms in total. The van der Waals surface area contributed by atoms with Crippen molar-refractivity contribution in [3.63, 3.8) is 0 Å². The molecule has 0 unspecified atom stereocenters. The lowest BCUT2D eigenvalue weighted by molar-refractivity contribution is 0.414. The molecule has 0 spiro atoms. The van der Waals surface area contributed by atoms with E-state index in [4.69, 9.17) is 10.5 Å². The van der Waals surface area contributed by atoms with Crippen LogP contribution in [0.4, 0.5) is 5.69 Å². The summed E-state index contributed by atoms with van der Waals surface area (Å²) in [5.74, 6) is 0.729. The Labute approximate surface area is 92.1 Å². The zero-order valence-corrected chi connectivity index (χ0v) is 8.75. The molecule has 16 heavy (non-hydrogen) atoms. The molecule has 0 amide bonds. The quantitative estimate of drug-likeness (QED) is 0.808. The first-order chi connectivity index (χ1) is 7.70. The van der Waals surface area contributed by atoms with Gasteiger partial charge in [0.1, 0.15) is 5.75 Å². The van der Waals surface area contributed by atoms with Crippen molar-refractivity contribution in [1.29, 1.82) is 0 Å². The van der Waals surface area contributed by atoms with Gasteiger partial charge in [0.25, 0.3) is 5.56 Å². The van der Waals surface area contributed by atoms with Crippen LogP contribution in [0.2, 0.25) is 0 Å². The molecule has 2 aromatic rings. The predicted molar refractivity (Wildman–Crippen MR) is 60.8 cm³/mol. The molecular formula is C11H11N3O2. The number of ether oxygens (including phenoxy) is 1. The number of methoxy groups -OCH3 is 1. The van der Waals surface area contributed by atoms with Gasteiger partial charge in [0.15, 0.2) is 0 Å². The second-order valence-corrected chi connectivity index (χ2v) is 3.24. The highest BCUT2D eigenvalue weighted by Gasteiger charge is 2.01. The van der Waals surface area contributed by atoms with Crippen LogP contribution in [0.15, 0.2) is 41.3 Å². The Balaban J connectivity index is 2.46. The minimum atomic E-state index is -0.259. The number of nitrogen functional groups attached to an aromatic ring is 1. The molecule has 2 N–H and O–H groups in total. The van der Waals surface area contributed by atoms with Crippen LogP contribution in [0, 0.1) is 0 Å². The van der Waals surface area contributed by atoms with Gasteiger partial charge >= 0.3 is 0 Å². The Bertz CT molecular complexity index is 546. The highest BCUT2D eigenvalue weighted by atomic mass is 16.5. The summed E-state index contributed by atoms with van der Waals surface area (Å²) in [4.78, 5) is 11.6. The van der Waals surface area contributed by atoms with E-state index in [2.05, 4.69) is 5.10 Å². The number of rotatable bonds is 2. The molecule has 0 saturated heterocycles. The van der Waals surface area contributed by atoms with Gasteiger partial charge in [-0.3, -0.25) is 4.79 Å². The largest absolute Gasteiger partial charge is 0.497 e. The molecule has 5 heteroatoms. The molecule has 1 heterocycles. The van der Waals surface area contributed by atoms with E-state index in [-0.39, 0.29) is 5.56 Å². The lowest BCUT2D eigenvalue weighted by Crippen LogP contribution is -2.20. The van der Waals surface area contributed by atoms with Crippen molar-refractivity contribution < 1.29 is 4.74 Å². The number of aromatic nitrogens is 2. The number of hydrogen-bond donors (Lipinski definition) is 1. The summed E-state index contributed by atoms with van der Waals surface area (Å²) < 4.78 is 6.30. The number of nitrogens with zero attached hydrogens (tertiary/aromatic N) is 2. The summed E-state index contributed by atoms with van der Waals surface area (Å²) in [6, 6.07) is 8.36. The Morgan fingerprint density at radius 2 is 2.00 bits per heavy atom. The molecule has 0 saturated carbocycles. The molecule has 82 valence electrons. The molecule has 1 aromatic heterocycles. The fourth-order valence-electron chi connectivity index (χ4n) is 1.34. The SMILES string of the molecule is COc1ccc(-n2ncc(N)cc2=O)cc1. The van der Waals surface area contributed by atoms with Gasteiger partial charge in [0.2, 0.25) is 0 Å². The van der Waals surface area contributed by atoms with E-state index < -0.39 is 0 Å². The standard InChI is InChI=1S/C11H11N3O2/c1-16-10-4-2-9(3-5-10)14-11(15)6-8(12)7-13-14/h2-7H,12H2,1H3. The first-order valence-electron chi connectivity index (χ1n) is 4.70. The molecule has 0 bridgehead atoms. The van der Waals surface area contributed by atoms with Gasteiger partial charge in [0, 0.05) is 6.07 Å². The number of nitrogens with two attached hydrogens (primary N) is 1. The predicted octanol–water partition coefficient (Wildman–Crippen LogP) is 0.823. The fourth-order valence-corrected chi connectivity index (χ4v) is 1.34. The normalized spacial score (nSPS) is 10.1. The van der Waals surface area contributed by atoms with Crippen molar-refractivity contribution in [1.82, 2.24) is 9.78 Å². The van der Waals surface area contributed by atoms with E-state index in [1.807, 2.05) is 0 Å². The van der Waals surface area contributed by atoms with Crippen LogP contribution in [-0.2, 0) is 0 Å². The minimum absolute atomic E-state index is 0.259. The summed E-state index contributed by atoms with van der Waals surface area (Å²) in [5, 5.41) is 3.94. The molecule has 0 aliphatic rings. The summed E-state index contributed by atoms with van der Waals surface area (Å²) in [6.07, 6.45) is 1.44. The van der Waals surface area contributed by atoms with Gasteiger partial charge in [0.05, 0.1) is 24.7 Å². The first-order valence-corrected chi connectivity index (χ1v) is 4.70. The Morgan fingerprint density at radius 3 is 2.56 bits per heavy atom. The number of anilines is 1.